The molecule has 0 aliphatic carbocycles. The van der Waals surface area contributed by atoms with Gasteiger partial charge in [0.2, 0.25) is 0 Å². The van der Waals surface area contributed by atoms with E-state index in [1.807, 2.05) is 24.3 Å². The third-order valence-electron chi connectivity index (χ3n) is 5.58. The van der Waals surface area contributed by atoms with Gasteiger partial charge in [-0.2, -0.15) is 0 Å². The lowest BCUT2D eigenvalue weighted by molar-refractivity contribution is 0.0951. The molecule has 1 aromatic heterocycles. The molecule has 5 N–H and O–H groups in total. The van der Waals surface area contributed by atoms with Crippen molar-refractivity contribution in [1.82, 2.24) is 15.2 Å². The predicted molar refractivity (Wildman–Crippen MR) is 124 cm³/mol. The Hall–Kier alpha value is -3.39. The van der Waals surface area contributed by atoms with Crippen molar-refractivity contribution in [3.8, 4) is 0 Å². The zero-order chi connectivity index (χ0) is 21.6. The summed E-state index contributed by atoms with van der Waals surface area (Å²) >= 11 is 0. The first-order valence-corrected chi connectivity index (χ1v) is 10.7. The Kier molecular flexibility index (Phi) is 6.47. The van der Waals surface area contributed by atoms with E-state index < -0.39 is 6.03 Å². The Labute approximate surface area is 181 Å². The number of allylic oxidation sites excluding steroid dienone is 1. The van der Waals surface area contributed by atoms with Crippen LogP contribution < -0.4 is 16.4 Å². The summed E-state index contributed by atoms with van der Waals surface area (Å²) < 4.78 is 0. The Bertz CT molecular complexity index is 1020. The number of benzene rings is 1. The summed E-state index contributed by atoms with van der Waals surface area (Å²) in [7, 11) is 0. The zero-order valence-corrected chi connectivity index (χ0v) is 17.5. The van der Waals surface area contributed by atoms with Crippen LogP contribution in [0.15, 0.2) is 35.5 Å². The first-order chi connectivity index (χ1) is 15.1. The molecule has 0 spiro atoms. The number of nitrogens with zero attached hydrogens (tertiary/aromatic N) is 2. The van der Waals surface area contributed by atoms with Crippen LogP contribution >= 0.6 is 0 Å². The SMILES string of the molecule is NC(=O)Nc1ccc2c(c1)C(=Cc1cc(C(=O)NCCCN3CCCCC3)c[nH]1)C=N2. The maximum atomic E-state index is 12.4. The number of primary amides is 1. The molecule has 0 bridgehead atoms. The molecule has 2 aromatic rings. The van der Waals surface area contributed by atoms with Gasteiger partial charge in [-0.3, -0.25) is 9.79 Å². The fourth-order valence-electron chi connectivity index (χ4n) is 4.01. The number of aromatic amines is 1. The average molecular weight is 421 g/mol. The van der Waals surface area contributed by atoms with Gasteiger partial charge in [0.15, 0.2) is 0 Å². The van der Waals surface area contributed by atoms with Gasteiger partial charge in [0.25, 0.3) is 5.91 Å². The molecule has 4 rings (SSSR count). The molecule has 2 aliphatic rings. The number of nitrogens with one attached hydrogen (secondary N) is 3. The second-order valence-electron chi connectivity index (χ2n) is 7.93. The van der Waals surface area contributed by atoms with Crippen molar-refractivity contribution in [1.29, 1.82) is 0 Å². The first kappa shape index (κ1) is 20.9. The van der Waals surface area contributed by atoms with E-state index >= 15 is 0 Å². The summed E-state index contributed by atoms with van der Waals surface area (Å²) in [5.41, 5.74) is 9.82. The van der Waals surface area contributed by atoms with Crippen molar-refractivity contribution < 1.29 is 9.59 Å². The lowest BCUT2D eigenvalue weighted by Gasteiger charge is -2.26. The fourth-order valence-corrected chi connectivity index (χ4v) is 4.01. The van der Waals surface area contributed by atoms with Crippen LogP contribution in [0.5, 0.6) is 0 Å². The van der Waals surface area contributed by atoms with Gasteiger partial charge in [0, 0.05) is 41.5 Å². The van der Waals surface area contributed by atoms with Crippen molar-refractivity contribution in [2.75, 3.05) is 31.5 Å². The number of carbonyl (C=O) groups excluding carboxylic acids is 2. The van der Waals surface area contributed by atoms with Crippen molar-refractivity contribution >= 4 is 41.2 Å². The second kappa shape index (κ2) is 9.61. The van der Waals surface area contributed by atoms with E-state index in [4.69, 9.17) is 5.73 Å². The van der Waals surface area contributed by atoms with E-state index in [-0.39, 0.29) is 5.91 Å². The second-order valence-corrected chi connectivity index (χ2v) is 7.93. The molecule has 31 heavy (non-hydrogen) atoms. The van der Waals surface area contributed by atoms with Gasteiger partial charge in [-0.1, -0.05) is 6.42 Å². The first-order valence-electron chi connectivity index (χ1n) is 10.7. The number of carbonyl (C=O) groups is 2. The molecule has 2 aliphatic heterocycles. The van der Waals surface area contributed by atoms with Gasteiger partial charge in [0.1, 0.15) is 0 Å². The molecular formula is C23H28N6O2. The van der Waals surface area contributed by atoms with E-state index in [0.717, 1.165) is 35.5 Å². The minimum absolute atomic E-state index is 0.0759. The van der Waals surface area contributed by atoms with E-state index in [0.29, 0.717) is 17.8 Å². The van der Waals surface area contributed by atoms with Crippen LogP contribution in [0.3, 0.4) is 0 Å². The quantitative estimate of drug-likeness (QED) is 0.515. The van der Waals surface area contributed by atoms with E-state index in [1.165, 1.54) is 32.4 Å². The molecule has 3 amide bonds. The number of H-pyrrole nitrogens is 1. The number of urea groups is 1. The highest BCUT2D eigenvalue weighted by molar-refractivity contribution is 6.21. The number of anilines is 1. The minimum atomic E-state index is -0.611. The zero-order valence-electron chi connectivity index (χ0n) is 17.5. The van der Waals surface area contributed by atoms with Crippen LogP contribution in [0.1, 0.15) is 47.3 Å². The van der Waals surface area contributed by atoms with Crippen LogP contribution in [-0.4, -0.2) is 54.2 Å². The average Bonchev–Trinajstić information content (AvgIpc) is 3.39. The van der Waals surface area contributed by atoms with E-state index in [2.05, 4.69) is 25.5 Å². The molecule has 0 atom stereocenters. The third-order valence-corrected chi connectivity index (χ3v) is 5.58. The Balaban J connectivity index is 1.34. The number of hydrogen-bond acceptors (Lipinski definition) is 4. The number of likely N-dealkylation sites (tertiary alicyclic amines) is 1. The Morgan fingerprint density at radius 3 is 2.84 bits per heavy atom. The minimum Gasteiger partial charge on any atom is -0.361 e. The molecule has 0 saturated carbocycles. The van der Waals surface area contributed by atoms with Crippen LogP contribution in [-0.2, 0) is 0 Å². The fraction of sp³-hybridized carbons (Fsp3) is 0.348. The number of aromatic nitrogens is 1. The Morgan fingerprint density at radius 2 is 2.03 bits per heavy atom. The number of nitrogens with two attached hydrogens (primary N) is 1. The van der Waals surface area contributed by atoms with Crippen LogP contribution in [0.4, 0.5) is 16.2 Å². The summed E-state index contributed by atoms with van der Waals surface area (Å²) in [6, 6.07) is 6.63. The van der Waals surface area contributed by atoms with E-state index in [1.54, 1.807) is 18.5 Å². The van der Waals surface area contributed by atoms with Gasteiger partial charge in [-0.05, 0) is 69.2 Å². The number of rotatable bonds is 7. The number of fused-ring (bicyclic) bond motifs is 1. The maximum Gasteiger partial charge on any atom is 0.316 e. The van der Waals surface area contributed by atoms with Crippen molar-refractivity contribution in [2.24, 2.45) is 10.7 Å². The maximum absolute atomic E-state index is 12.4. The van der Waals surface area contributed by atoms with Gasteiger partial charge >= 0.3 is 6.03 Å². The molecule has 0 radical (unpaired) electrons. The van der Waals surface area contributed by atoms with Gasteiger partial charge in [0.05, 0.1) is 11.3 Å². The largest absolute Gasteiger partial charge is 0.361 e. The van der Waals surface area contributed by atoms with E-state index in [9.17, 15) is 9.59 Å². The van der Waals surface area contributed by atoms with Crippen molar-refractivity contribution in [3.63, 3.8) is 0 Å². The molecular weight excluding hydrogens is 392 g/mol. The molecule has 8 heteroatoms. The number of piperidine rings is 1. The summed E-state index contributed by atoms with van der Waals surface area (Å²) in [5.74, 6) is -0.0759. The number of hydrogen-bond donors (Lipinski definition) is 4. The molecule has 1 fully saturated rings. The van der Waals surface area contributed by atoms with Crippen LogP contribution in [0.2, 0.25) is 0 Å². The number of aliphatic imine (C=N–C) groups is 1. The molecule has 8 nitrogen and oxygen atoms in total. The van der Waals surface area contributed by atoms with Gasteiger partial charge < -0.3 is 26.3 Å². The molecule has 1 saturated heterocycles. The van der Waals surface area contributed by atoms with Crippen molar-refractivity contribution in [2.45, 2.75) is 25.7 Å². The number of amides is 3. The topological polar surface area (TPSA) is 116 Å². The lowest BCUT2D eigenvalue weighted by Crippen LogP contribution is -2.33. The van der Waals surface area contributed by atoms with Crippen LogP contribution in [0.25, 0.3) is 11.6 Å². The normalized spacial score (nSPS) is 17.0. The van der Waals surface area contributed by atoms with Crippen LogP contribution in [0, 0.1) is 0 Å². The molecule has 0 unspecified atom stereocenters. The molecule has 3 heterocycles. The smallest absolute Gasteiger partial charge is 0.316 e. The monoisotopic (exact) mass is 420 g/mol. The molecule has 162 valence electrons. The standard InChI is InChI=1S/C23H28N6O2/c24-23(31)28-18-5-6-21-20(13-18)16(14-27-21)11-19-12-17(15-26-19)22(30)25-7-4-10-29-8-2-1-3-9-29/h5-6,11-15,26H,1-4,7-10H2,(H,25,30)(H3,24,28,31). The van der Waals surface area contributed by atoms with Crippen molar-refractivity contribution in [3.05, 3.63) is 47.3 Å². The van der Waals surface area contributed by atoms with Gasteiger partial charge in [-0.25, -0.2) is 4.79 Å². The van der Waals surface area contributed by atoms with Gasteiger partial charge in [-0.15, -0.1) is 0 Å². The summed E-state index contributed by atoms with van der Waals surface area (Å²) in [4.78, 5) is 33.6. The molecule has 1 aromatic carbocycles. The summed E-state index contributed by atoms with van der Waals surface area (Å²) in [6.45, 7) is 4.06. The highest BCUT2D eigenvalue weighted by Gasteiger charge is 2.15. The predicted octanol–water partition coefficient (Wildman–Crippen LogP) is 3.37. The third kappa shape index (κ3) is 5.40. The highest BCUT2D eigenvalue weighted by atomic mass is 16.2. The summed E-state index contributed by atoms with van der Waals surface area (Å²) in [5, 5.41) is 5.58. The summed E-state index contributed by atoms with van der Waals surface area (Å²) in [6.07, 6.45) is 10.3. The Morgan fingerprint density at radius 1 is 1.19 bits per heavy atom. The highest BCUT2D eigenvalue weighted by Crippen LogP contribution is 2.34. The lowest BCUT2D eigenvalue weighted by atomic mass is 10.1.